The molecular formula is C29H29NO3. The van der Waals surface area contributed by atoms with E-state index in [1.54, 1.807) is 7.11 Å². The van der Waals surface area contributed by atoms with Gasteiger partial charge in [-0.05, 0) is 37.0 Å². The monoisotopic (exact) mass is 439 g/mol. The Balaban J connectivity index is 1.56. The molecule has 1 heterocycles. The van der Waals surface area contributed by atoms with E-state index in [0.29, 0.717) is 18.1 Å². The van der Waals surface area contributed by atoms with E-state index in [1.807, 2.05) is 72.8 Å². The average molecular weight is 440 g/mol. The molecule has 1 aliphatic carbocycles. The number of rotatable bonds is 6. The predicted octanol–water partition coefficient (Wildman–Crippen LogP) is 6.64. The number of hydrogen-bond donors (Lipinski definition) is 1. The molecule has 0 saturated heterocycles. The first-order valence-corrected chi connectivity index (χ1v) is 11.6. The maximum absolute atomic E-state index is 12.0. The molecule has 33 heavy (non-hydrogen) atoms. The van der Waals surface area contributed by atoms with Gasteiger partial charge in [0, 0.05) is 17.0 Å². The fourth-order valence-electron chi connectivity index (χ4n) is 4.95. The molecule has 3 aromatic carbocycles. The van der Waals surface area contributed by atoms with E-state index in [2.05, 4.69) is 12.1 Å². The number of aromatic nitrogens is 1. The van der Waals surface area contributed by atoms with E-state index in [4.69, 9.17) is 14.1 Å². The lowest BCUT2D eigenvalue weighted by molar-refractivity contribution is -0.0742. The van der Waals surface area contributed by atoms with Crippen LogP contribution < -0.4 is 4.74 Å². The highest BCUT2D eigenvalue weighted by atomic mass is 16.5. The van der Waals surface area contributed by atoms with Gasteiger partial charge in [-0.1, -0.05) is 85.6 Å². The van der Waals surface area contributed by atoms with Crippen molar-refractivity contribution in [3.63, 3.8) is 0 Å². The van der Waals surface area contributed by atoms with E-state index >= 15 is 0 Å². The number of oxazole rings is 1. The summed E-state index contributed by atoms with van der Waals surface area (Å²) < 4.78 is 11.8. The lowest BCUT2D eigenvalue weighted by atomic mass is 9.72. The standard InChI is InChI=1S/C29H29NO3/c1-32-25-17-10-11-21(20-25)19-24-16-8-9-18-29(24,31)28-30-26(22-12-4-2-5-13-22)27(33-28)23-14-6-3-7-15-23/h2-7,10-15,17,20,24,31H,8-9,16,18-19H2,1H3/t24-,29+/m0/s1. The van der Waals surface area contributed by atoms with E-state index in [0.717, 1.165) is 53.8 Å². The van der Waals surface area contributed by atoms with Gasteiger partial charge in [-0.25, -0.2) is 4.98 Å². The van der Waals surface area contributed by atoms with Crippen molar-refractivity contribution in [3.8, 4) is 28.3 Å². The highest BCUT2D eigenvalue weighted by molar-refractivity contribution is 5.76. The van der Waals surface area contributed by atoms with Crippen LogP contribution in [0.3, 0.4) is 0 Å². The molecule has 1 aromatic heterocycles. The molecule has 0 radical (unpaired) electrons. The van der Waals surface area contributed by atoms with Crippen LogP contribution in [-0.2, 0) is 12.0 Å². The zero-order valence-corrected chi connectivity index (χ0v) is 18.9. The lowest BCUT2D eigenvalue weighted by Gasteiger charge is -2.37. The molecule has 1 fully saturated rings. The maximum Gasteiger partial charge on any atom is 0.227 e. The first-order valence-electron chi connectivity index (χ1n) is 11.6. The topological polar surface area (TPSA) is 55.5 Å². The summed E-state index contributed by atoms with van der Waals surface area (Å²) in [4.78, 5) is 4.94. The average Bonchev–Trinajstić information content (AvgIpc) is 3.33. The number of methoxy groups -OCH3 is 1. The van der Waals surface area contributed by atoms with Crippen molar-refractivity contribution in [1.82, 2.24) is 4.98 Å². The molecular weight excluding hydrogens is 410 g/mol. The van der Waals surface area contributed by atoms with Gasteiger partial charge in [-0.15, -0.1) is 0 Å². The summed E-state index contributed by atoms with van der Waals surface area (Å²) in [6, 6.07) is 28.2. The zero-order valence-electron chi connectivity index (χ0n) is 18.9. The maximum atomic E-state index is 12.0. The number of benzene rings is 3. The Morgan fingerprint density at radius 1 is 0.939 bits per heavy atom. The minimum absolute atomic E-state index is 0.0178. The molecule has 2 atom stereocenters. The van der Waals surface area contributed by atoms with Crippen LogP contribution in [0, 0.1) is 5.92 Å². The zero-order chi connectivity index (χ0) is 22.7. The summed E-state index contributed by atoms with van der Waals surface area (Å²) >= 11 is 0. The summed E-state index contributed by atoms with van der Waals surface area (Å²) in [6.45, 7) is 0. The second kappa shape index (κ2) is 9.24. The Bertz CT molecular complexity index is 1150. The van der Waals surface area contributed by atoms with Crippen molar-refractivity contribution < 1.29 is 14.3 Å². The molecule has 1 aliphatic rings. The fourth-order valence-corrected chi connectivity index (χ4v) is 4.95. The molecule has 1 N–H and O–H groups in total. The third kappa shape index (κ3) is 4.31. The summed E-state index contributed by atoms with van der Waals surface area (Å²) in [6.07, 6.45) is 4.36. The van der Waals surface area contributed by atoms with E-state index in [9.17, 15) is 5.11 Å². The lowest BCUT2D eigenvalue weighted by Crippen LogP contribution is -2.39. The van der Waals surface area contributed by atoms with E-state index in [-0.39, 0.29) is 5.92 Å². The minimum Gasteiger partial charge on any atom is -0.497 e. The fraction of sp³-hybridized carbons (Fsp3) is 0.276. The third-order valence-electron chi connectivity index (χ3n) is 6.73. The van der Waals surface area contributed by atoms with Crippen LogP contribution >= 0.6 is 0 Å². The van der Waals surface area contributed by atoms with Crippen molar-refractivity contribution in [1.29, 1.82) is 0 Å². The number of aliphatic hydroxyl groups is 1. The Hall–Kier alpha value is -3.37. The van der Waals surface area contributed by atoms with Crippen LogP contribution in [0.15, 0.2) is 89.3 Å². The van der Waals surface area contributed by atoms with Crippen LogP contribution in [0.25, 0.3) is 22.6 Å². The Labute approximate surface area is 194 Å². The van der Waals surface area contributed by atoms with Gasteiger partial charge in [0.05, 0.1) is 7.11 Å². The SMILES string of the molecule is COc1cccc(C[C@@H]2CCCC[C@]2(O)c2nc(-c3ccccc3)c(-c3ccccc3)o2)c1. The first-order chi connectivity index (χ1) is 16.2. The summed E-state index contributed by atoms with van der Waals surface area (Å²) in [7, 11) is 1.68. The van der Waals surface area contributed by atoms with Crippen molar-refractivity contribution in [3.05, 3.63) is 96.4 Å². The smallest absolute Gasteiger partial charge is 0.227 e. The normalized spacial score (nSPS) is 20.5. The molecule has 4 heteroatoms. The number of hydrogen-bond acceptors (Lipinski definition) is 4. The van der Waals surface area contributed by atoms with Crippen molar-refractivity contribution in [2.45, 2.75) is 37.7 Å². The molecule has 0 spiro atoms. The molecule has 1 saturated carbocycles. The molecule has 0 amide bonds. The summed E-state index contributed by atoms with van der Waals surface area (Å²) in [5.74, 6) is 1.98. The molecule has 0 unspecified atom stereocenters. The van der Waals surface area contributed by atoms with Gasteiger partial charge in [-0.3, -0.25) is 0 Å². The highest BCUT2D eigenvalue weighted by Crippen LogP contribution is 2.46. The van der Waals surface area contributed by atoms with Gasteiger partial charge in [0.25, 0.3) is 0 Å². The van der Waals surface area contributed by atoms with Gasteiger partial charge in [0.1, 0.15) is 17.0 Å². The van der Waals surface area contributed by atoms with E-state index in [1.165, 1.54) is 0 Å². The van der Waals surface area contributed by atoms with E-state index < -0.39 is 5.60 Å². The molecule has 5 rings (SSSR count). The van der Waals surface area contributed by atoms with Gasteiger partial charge >= 0.3 is 0 Å². The van der Waals surface area contributed by atoms with Crippen LogP contribution in [0.2, 0.25) is 0 Å². The van der Waals surface area contributed by atoms with Crippen molar-refractivity contribution in [2.24, 2.45) is 5.92 Å². The Morgan fingerprint density at radius 3 is 2.39 bits per heavy atom. The molecule has 168 valence electrons. The van der Waals surface area contributed by atoms with Crippen LogP contribution in [0.1, 0.15) is 37.1 Å². The summed E-state index contributed by atoms with van der Waals surface area (Å²) in [5.41, 5.74) is 2.75. The van der Waals surface area contributed by atoms with Gasteiger partial charge < -0.3 is 14.3 Å². The Morgan fingerprint density at radius 2 is 1.67 bits per heavy atom. The summed E-state index contributed by atoms with van der Waals surface area (Å²) in [5, 5.41) is 12.0. The number of nitrogens with zero attached hydrogens (tertiary/aromatic N) is 1. The largest absolute Gasteiger partial charge is 0.497 e. The quantitative estimate of drug-likeness (QED) is 0.366. The van der Waals surface area contributed by atoms with Gasteiger partial charge in [-0.2, -0.15) is 0 Å². The second-order valence-electron chi connectivity index (χ2n) is 8.85. The molecule has 0 aliphatic heterocycles. The Kier molecular flexibility index (Phi) is 6.01. The third-order valence-corrected chi connectivity index (χ3v) is 6.73. The second-order valence-corrected chi connectivity index (χ2v) is 8.85. The number of ether oxygens (including phenoxy) is 1. The molecule has 4 nitrogen and oxygen atoms in total. The van der Waals surface area contributed by atoms with Crippen molar-refractivity contribution in [2.75, 3.05) is 7.11 Å². The van der Waals surface area contributed by atoms with Crippen LogP contribution in [-0.4, -0.2) is 17.2 Å². The predicted molar refractivity (Wildman–Crippen MR) is 130 cm³/mol. The van der Waals surface area contributed by atoms with Crippen molar-refractivity contribution >= 4 is 0 Å². The molecule has 0 bridgehead atoms. The molecule has 4 aromatic rings. The van der Waals surface area contributed by atoms with Gasteiger partial charge in [0.15, 0.2) is 5.76 Å². The van der Waals surface area contributed by atoms with Crippen LogP contribution in [0.5, 0.6) is 5.75 Å². The minimum atomic E-state index is -1.11. The highest BCUT2D eigenvalue weighted by Gasteiger charge is 2.45. The van der Waals surface area contributed by atoms with Crippen LogP contribution in [0.4, 0.5) is 0 Å². The van der Waals surface area contributed by atoms with Gasteiger partial charge in [0.2, 0.25) is 5.89 Å². The first kappa shape index (κ1) is 21.5.